The Morgan fingerprint density at radius 2 is 2.17 bits per heavy atom. The molecule has 5 nitrogen and oxygen atoms in total. The Morgan fingerprint density at radius 1 is 1.33 bits per heavy atom. The molecule has 3 aromatic rings. The number of aryl methyl sites for hydroxylation is 1. The highest BCUT2D eigenvalue weighted by atomic mass is 32.1. The van der Waals surface area contributed by atoms with Gasteiger partial charge >= 0.3 is 0 Å². The molecule has 0 bridgehead atoms. The maximum atomic E-state index is 12.8. The van der Waals surface area contributed by atoms with Crippen LogP contribution in [0.5, 0.6) is 0 Å². The summed E-state index contributed by atoms with van der Waals surface area (Å²) >= 11 is 1.60. The van der Waals surface area contributed by atoms with Crippen LogP contribution in [-0.4, -0.2) is 32.5 Å². The number of nitrogens with zero attached hydrogens (tertiary/aromatic N) is 3. The summed E-state index contributed by atoms with van der Waals surface area (Å²) in [6, 6.07) is 7.73. The van der Waals surface area contributed by atoms with Gasteiger partial charge in [-0.3, -0.25) is 9.89 Å². The van der Waals surface area contributed by atoms with Crippen LogP contribution >= 0.6 is 11.3 Å². The molecule has 6 heteroatoms. The predicted molar refractivity (Wildman–Crippen MR) is 94.0 cm³/mol. The molecule has 0 saturated carbocycles. The Hall–Kier alpha value is -2.47. The number of H-pyrrole nitrogens is 1. The van der Waals surface area contributed by atoms with Crippen LogP contribution in [0.1, 0.15) is 34.2 Å². The smallest absolute Gasteiger partial charge is 0.254 e. The van der Waals surface area contributed by atoms with Gasteiger partial charge in [0.15, 0.2) is 0 Å². The maximum absolute atomic E-state index is 12.8. The highest BCUT2D eigenvalue weighted by molar-refractivity contribution is 7.13. The van der Waals surface area contributed by atoms with Crippen LogP contribution in [0.25, 0.3) is 10.6 Å². The molecule has 0 saturated heterocycles. The number of rotatable bonds is 3. The summed E-state index contributed by atoms with van der Waals surface area (Å²) in [5.74, 6) is 0.0783. The van der Waals surface area contributed by atoms with E-state index in [4.69, 9.17) is 0 Å². The van der Waals surface area contributed by atoms with Crippen molar-refractivity contribution in [2.45, 2.75) is 26.3 Å². The highest BCUT2D eigenvalue weighted by Crippen LogP contribution is 2.24. The molecule has 1 aliphatic heterocycles. The second-order valence-electron chi connectivity index (χ2n) is 5.87. The Bertz CT molecular complexity index is 838. The lowest BCUT2D eigenvalue weighted by molar-refractivity contribution is 0.0734. The van der Waals surface area contributed by atoms with Gasteiger partial charge in [-0.15, -0.1) is 11.3 Å². The molecule has 0 fully saturated rings. The highest BCUT2D eigenvalue weighted by Gasteiger charge is 2.25. The first-order chi connectivity index (χ1) is 11.8. The van der Waals surface area contributed by atoms with Crippen LogP contribution in [0.2, 0.25) is 0 Å². The van der Waals surface area contributed by atoms with Gasteiger partial charge in [0.1, 0.15) is 5.01 Å². The fraction of sp³-hybridized carbons (Fsp3) is 0.278. The number of carbonyl (C=O) groups excluding carboxylic acids is 1. The third kappa shape index (κ3) is 2.63. The van der Waals surface area contributed by atoms with Crippen LogP contribution in [-0.2, 0) is 19.4 Å². The zero-order valence-electron chi connectivity index (χ0n) is 13.5. The fourth-order valence-corrected chi connectivity index (χ4v) is 3.77. The van der Waals surface area contributed by atoms with Gasteiger partial charge in [-0.25, -0.2) is 4.98 Å². The first-order valence-electron chi connectivity index (χ1n) is 8.10. The first kappa shape index (κ1) is 15.1. The number of carbonyl (C=O) groups is 1. The number of thiazole rings is 1. The second-order valence-corrected chi connectivity index (χ2v) is 6.77. The predicted octanol–water partition coefficient (Wildman–Crippen LogP) is 3.29. The Kier molecular flexibility index (Phi) is 3.90. The van der Waals surface area contributed by atoms with Crippen molar-refractivity contribution in [2.24, 2.45) is 0 Å². The summed E-state index contributed by atoms with van der Waals surface area (Å²) in [7, 11) is 0. The number of benzene rings is 1. The molecule has 122 valence electrons. The quantitative estimate of drug-likeness (QED) is 0.797. The van der Waals surface area contributed by atoms with E-state index in [1.54, 1.807) is 17.5 Å². The lowest BCUT2D eigenvalue weighted by atomic mass is 10.0. The van der Waals surface area contributed by atoms with Gasteiger partial charge in [-0.1, -0.05) is 19.1 Å². The zero-order valence-corrected chi connectivity index (χ0v) is 14.3. The summed E-state index contributed by atoms with van der Waals surface area (Å²) in [6.45, 7) is 3.46. The van der Waals surface area contributed by atoms with E-state index in [2.05, 4.69) is 22.1 Å². The van der Waals surface area contributed by atoms with Crippen molar-refractivity contribution >= 4 is 17.2 Å². The van der Waals surface area contributed by atoms with Gasteiger partial charge in [0, 0.05) is 53.5 Å². The molecule has 4 rings (SSSR count). The van der Waals surface area contributed by atoms with Crippen molar-refractivity contribution in [1.29, 1.82) is 0 Å². The molecule has 0 unspecified atom stereocenters. The number of aromatic amines is 1. The van der Waals surface area contributed by atoms with Crippen molar-refractivity contribution in [3.63, 3.8) is 0 Å². The zero-order chi connectivity index (χ0) is 16.5. The van der Waals surface area contributed by atoms with E-state index < -0.39 is 0 Å². The normalized spacial score (nSPS) is 13.8. The number of hydrogen-bond donors (Lipinski definition) is 1. The van der Waals surface area contributed by atoms with Crippen LogP contribution < -0.4 is 0 Å². The molecule has 3 heterocycles. The molecule has 1 aliphatic rings. The second kappa shape index (κ2) is 6.20. The topological polar surface area (TPSA) is 61.9 Å². The van der Waals surface area contributed by atoms with Crippen LogP contribution in [0.3, 0.4) is 0 Å². The Morgan fingerprint density at radius 3 is 2.88 bits per heavy atom. The van der Waals surface area contributed by atoms with Crippen molar-refractivity contribution < 1.29 is 4.79 Å². The third-order valence-electron chi connectivity index (χ3n) is 4.45. The Balaban J connectivity index is 1.54. The van der Waals surface area contributed by atoms with Gasteiger partial charge in [-0.05, 0) is 18.6 Å². The summed E-state index contributed by atoms with van der Waals surface area (Å²) in [4.78, 5) is 19.0. The van der Waals surface area contributed by atoms with Gasteiger partial charge in [0.25, 0.3) is 5.91 Å². The molecule has 24 heavy (non-hydrogen) atoms. The lowest BCUT2D eigenvalue weighted by Crippen LogP contribution is -2.36. The molecule has 0 spiro atoms. The van der Waals surface area contributed by atoms with Gasteiger partial charge < -0.3 is 4.90 Å². The molecule has 0 aliphatic carbocycles. The van der Waals surface area contributed by atoms with Crippen molar-refractivity contribution in [1.82, 2.24) is 20.1 Å². The molecule has 1 N–H and O–H groups in total. The van der Waals surface area contributed by atoms with Crippen molar-refractivity contribution in [2.75, 3.05) is 6.54 Å². The number of nitrogens with one attached hydrogen (secondary N) is 1. The number of amides is 1. The van der Waals surface area contributed by atoms with Gasteiger partial charge in [0.05, 0.1) is 5.69 Å². The molecular weight excluding hydrogens is 320 g/mol. The Labute approximate surface area is 144 Å². The molecule has 0 radical (unpaired) electrons. The summed E-state index contributed by atoms with van der Waals surface area (Å²) in [5, 5.41) is 10.4. The van der Waals surface area contributed by atoms with E-state index >= 15 is 0 Å². The molecule has 1 aromatic carbocycles. The van der Waals surface area contributed by atoms with E-state index in [0.29, 0.717) is 6.54 Å². The van der Waals surface area contributed by atoms with E-state index in [0.717, 1.165) is 41.2 Å². The summed E-state index contributed by atoms with van der Waals surface area (Å²) < 4.78 is 0. The molecule has 2 aromatic heterocycles. The van der Waals surface area contributed by atoms with E-state index in [1.165, 1.54) is 11.3 Å². The van der Waals surface area contributed by atoms with Crippen molar-refractivity contribution in [3.05, 3.63) is 58.4 Å². The largest absolute Gasteiger partial charge is 0.334 e. The SMILES string of the molecule is CCc1n[nH]c2c1CN(C(=O)c1ccc(-c3nccs3)cc1)CC2. The van der Waals surface area contributed by atoms with Crippen molar-refractivity contribution in [3.8, 4) is 10.6 Å². The molecule has 1 amide bonds. The molecular formula is C18H18N4OS. The van der Waals surface area contributed by atoms with Crippen LogP contribution in [0, 0.1) is 0 Å². The minimum Gasteiger partial charge on any atom is -0.334 e. The minimum absolute atomic E-state index is 0.0783. The standard InChI is InChI=1S/C18H18N4OS/c1-2-15-14-11-22(9-7-16(14)21-20-15)18(23)13-5-3-12(4-6-13)17-19-8-10-24-17/h3-6,8,10H,2,7,9,11H2,1H3,(H,20,21). The number of aromatic nitrogens is 3. The average Bonchev–Trinajstić information content (AvgIpc) is 3.30. The monoisotopic (exact) mass is 338 g/mol. The van der Waals surface area contributed by atoms with Crippen LogP contribution in [0.4, 0.5) is 0 Å². The molecule has 0 atom stereocenters. The third-order valence-corrected chi connectivity index (χ3v) is 5.27. The van der Waals surface area contributed by atoms with E-state index in [1.807, 2.05) is 34.5 Å². The van der Waals surface area contributed by atoms with Gasteiger partial charge in [-0.2, -0.15) is 5.10 Å². The van der Waals surface area contributed by atoms with Crippen LogP contribution in [0.15, 0.2) is 35.8 Å². The first-order valence-corrected chi connectivity index (χ1v) is 8.98. The maximum Gasteiger partial charge on any atom is 0.254 e. The van der Waals surface area contributed by atoms with Gasteiger partial charge in [0.2, 0.25) is 0 Å². The summed E-state index contributed by atoms with van der Waals surface area (Å²) in [5.41, 5.74) is 5.21. The lowest BCUT2D eigenvalue weighted by Gasteiger charge is -2.27. The van der Waals surface area contributed by atoms with E-state index in [-0.39, 0.29) is 5.91 Å². The number of fused-ring (bicyclic) bond motifs is 1. The van der Waals surface area contributed by atoms with E-state index in [9.17, 15) is 4.79 Å². The minimum atomic E-state index is 0.0783. The summed E-state index contributed by atoms with van der Waals surface area (Å²) in [6.07, 6.45) is 3.52. The fourth-order valence-electron chi connectivity index (χ4n) is 3.12. The number of hydrogen-bond acceptors (Lipinski definition) is 4. The average molecular weight is 338 g/mol.